The molecule has 12 heteroatoms. The zero-order valence-corrected chi connectivity index (χ0v) is 26.0. The van der Waals surface area contributed by atoms with Crippen LogP contribution in [0.4, 0.5) is 5.82 Å². The molecule has 238 valence electrons. The molecule has 2 aliphatic rings. The number of amides is 2. The quantitative estimate of drug-likeness (QED) is 0.137. The highest BCUT2D eigenvalue weighted by molar-refractivity contribution is 7.19. The van der Waals surface area contributed by atoms with E-state index in [-0.39, 0.29) is 43.2 Å². The van der Waals surface area contributed by atoms with E-state index in [2.05, 4.69) is 21.6 Å². The number of carbonyl (C=O) groups excluding carboxylic acids is 2. The van der Waals surface area contributed by atoms with Gasteiger partial charge in [0, 0.05) is 48.8 Å². The predicted octanol–water partition coefficient (Wildman–Crippen LogP) is 4.17. The lowest BCUT2D eigenvalue weighted by Gasteiger charge is -2.28. The summed E-state index contributed by atoms with van der Waals surface area (Å²) in [5.74, 6) is 1.40. The van der Waals surface area contributed by atoms with Crippen LogP contribution in [0.15, 0.2) is 30.3 Å². The molecule has 1 aliphatic carbocycles. The third-order valence-corrected chi connectivity index (χ3v) is 9.04. The second-order valence-electron chi connectivity index (χ2n) is 11.2. The number of phenols is 1. The van der Waals surface area contributed by atoms with Crippen LogP contribution in [-0.4, -0.2) is 85.8 Å². The lowest BCUT2D eigenvalue weighted by atomic mass is 10.1. The number of ether oxygens (including phenoxy) is 3. The van der Waals surface area contributed by atoms with Crippen molar-refractivity contribution in [2.75, 3.05) is 57.8 Å². The molecule has 5 rings (SSSR count). The van der Waals surface area contributed by atoms with Gasteiger partial charge >= 0.3 is 0 Å². The molecule has 1 aliphatic heterocycles. The number of aromatic nitrogens is 2. The molecule has 2 amide bonds. The van der Waals surface area contributed by atoms with E-state index in [1.165, 1.54) is 12.8 Å². The molecule has 0 radical (unpaired) electrons. The molecule has 2 fully saturated rings. The summed E-state index contributed by atoms with van der Waals surface area (Å²) in [5.41, 5.74) is 1.64. The maximum Gasteiger partial charge on any atom is 0.222 e. The van der Waals surface area contributed by atoms with Gasteiger partial charge in [0.05, 0.1) is 43.3 Å². The fourth-order valence-corrected chi connectivity index (χ4v) is 6.58. The number of morpholine rings is 1. The Morgan fingerprint density at radius 2 is 1.75 bits per heavy atom. The van der Waals surface area contributed by atoms with Crippen molar-refractivity contribution in [2.45, 2.75) is 63.8 Å². The monoisotopic (exact) mass is 625 g/mol. The van der Waals surface area contributed by atoms with Crippen molar-refractivity contribution in [1.82, 2.24) is 20.6 Å². The number of phenolic OH excluding ortho intramolecular Hbond substituents is 1. The van der Waals surface area contributed by atoms with Crippen LogP contribution in [0.3, 0.4) is 0 Å². The van der Waals surface area contributed by atoms with E-state index in [4.69, 9.17) is 24.2 Å². The van der Waals surface area contributed by atoms with Gasteiger partial charge in [0.15, 0.2) is 11.6 Å². The first-order chi connectivity index (χ1) is 21.5. The highest BCUT2D eigenvalue weighted by Gasteiger charge is 2.20. The van der Waals surface area contributed by atoms with Gasteiger partial charge in [-0.05, 0) is 31.0 Å². The molecule has 3 N–H and O–H groups in total. The summed E-state index contributed by atoms with van der Waals surface area (Å²) in [4.78, 5) is 37.4. The van der Waals surface area contributed by atoms with Crippen LogP contribution in [0.2, 0.25) is 0 Å². The molecule has 3 heterocycles. The third-order valence-electron chi connectivity index (χ3n) is 7.86. The Labute approximate surface area is 262 Å². The van der Waals surface area contributed by atoms with Crippen LogP contribution >= 0.6 is 11.3 Å². The molecule has 44 heavy (non-hydrogen) atoms. The Morgan fingerprint density at radius 1 is 0.977 bits per heavy atom. The van der Waals surface area contributed by atoms with E-state index in [9.17, 15) is 14.7 Å². The van der Waals surface area contributed by atoms with Crippen LogP contribution in [0, 0.1) is 0 Å². The summed E-state index contributed by atoms with van der Waals surface area (Å²) in [6.07, 6.45) is 7.93. The summed E-state index contributed by atoms with van der Waals surface area (Å²) >= 11 is 1.67. The van der Waals surface area contributed by atoms with E-state index < -0.39 is 0 Å². The number of fused-ring (bicyclic) bond motifs is 1. The first-order valence-corrected chi connectivity index (χ1v) is 16.5. The minimum atomic E-state index is -0.196. The van der Waals surface area contributed by atoms with Crippen molar-refractivity contribution in [1.29, 1.82) is 0 Å². The van der Waals surface area contributed by atoms with Gasteiger partial charge < -0.3 is 34.9 Å². The molecule has 3 aromatic rings. The van der Waals surface area contributed by atoms with Crippen LogP contribution in [0.1, 0.15) is 56.2 Å². The van der Waals surface area contributed by atoms with Crippen molar-refractivity contribution < 1.29 is 28.9 Å². The van der Waals surface area contributed by atoms with Gasteiger partial charge in [0.1, 0.15) is 12.5 Å². The van der Waals surface area contributed by atoms with Gasteiger partial charge in [-0.2, -0.15) is 0 Å². The number of hydrogen-bond donors (Lipinski definition) is 3. The zero-order chi connectivity index (χ0) is 30.6. The Morgan fingerprint density at radius 3 is 2.55 bits per heavy atom. The highest BCUT2D eigenvalue weighted by atomic mass is 32.1. The van der Waals surface area contributed by atoms with Gasteiger partial charge in [-0.15, -0.1) is 11.3 Å². The number of thiophene rings is 1. The van der Waals surface area contributed by atoms with Crippen molar-refractivity contribution in [3.63, 3.8) is 0 Å². The number of benzene rings is 1. The molecular weight excluding hydrogens is 582 g/mol. The molecule has 0 atom stereocenters. The molecule has 11 nitrogen and oxygen atoms in total. The normalized spacial score (nSPS) is 16.1. The Bertz CT molecular complexity index is 1370. The van der Waals surface area contributed by atoms with Crippen molar-refractivity contribution in [2.24, 2.45) is 0 Å². The number of rotatable bonds is 14. The van der Waals surface area contributed by atoms with E-state index in [0.29, 0.717) is 38.9 Å². The predicted molar refractivity (Wildman–Crippen MR) is 170 cm³/mol. The lowest BCUT2D eigenvalue weighted by Crippen LogP contribution is -2.36. The minimum absolute atomic E-state index is 0.0544. The van der Waals surface area contributed by atoms with Gasteiger partial charge in [-0.3, -0.25) is 9.59 Å². The molecule has 2 aromatic heterocycles. The van der Waals surface area contributed by atoms with Gasteiger partial charge in [0.2, 0.25) is 11.8 Å². The van der Waals surface area contributed by atoms with Gasteiger partial charge in [-0.1, -0.05) is 37.8 Å². The average molecular weight is 626 g/mol. The van der Waals surface area contributed by atoms with Gasteiger partial charge in [-0.25, -0.2) is 9.97 Å². The smallest absolute Gasteiger partial charge is 0.222 e. The molecule has 1 saturated carbocycles. The fourth-order valence-electron chi connectivity index (χ4n) is 5.49. The Balaban J connectivity index is 1.02. The zero-order valence-electron chi connectivity index (χ0n) is 25.2. The highest BCUT2D eigenvalue weighted by Crippen LogP contribution is 2.35. The number of hydrogen-bond acceptors (Lipinski definition) is 10. The van der Waals surface area contributed by atoms with E-state index in [0.717, 1.165) is 71.7 Å². The minimum Gasteiger partial charge on any atom is -0.508 e. The first-order valence-electron chi connectivity index (χ1n) is 15.7. The first kappa shape index (κ1) is 32.1. The summed E-state index contributed by atoms with van der Waals surface area (Å²) < 4.78 is 17.8. The molecular formula is C32H43N5O6S. The summed E-state index contributed by atoms with van der Waals surface area (Å²) in [7, 11) is 0. The summed E-state index contributed by atoms with van der Waals surface area (Å²) in [5, 5.41) is 15.8. The molecule has 1 aromatic carbocycles. The summed E-state index contributed by atoms with van der Waals surface area (Å²) in [6.45, 7) is 4.21. The second-order valence-corrected chi connectivity index (χ2v) is 12.4. The van der Waals surface area contributed by atoms with E-state index >= 15 is 0 Å². The van der Waals surface area contributed by atoms with Crippen molar-refractivity contribution in [3.8, 4) is 17.1 Å². The van der Waals surface area contributed by atoms with Gasteiger partial charge in [0.25, 0.3) is 0 Å². The summed E-state index contributed by atoms with van der Waals surface area (Å²) in [6, 6.07) is 9.34. The fraction of sp³-hybridized carbons (Fsp3) is 0.562. The third kappa shape index (κ3) is 9.59. The largest absolute Gasteiger partial charge is 0.508 e. The Hall–Kier alpha value is -3.32. The molecule has 0 bridgehead atoms. The maximum absolute atomic E-state index is 12.2. The average Bonchev–Trinajstić information content (AvgIpc) is 3.28. The standard InChI is InChI=1S/C32H43N5O6S/c38-25-9-5-6-23(20-25)31-35-27-21-26(44-30(27)32(36-31)37-13-16-42-17-14-37)12-15-41-18-19-43-22-33-28(39)10-11-29(40)34-24-7-3-1-2-4-8-24/h5-6,9,20-21,24,38H,1-4,7-8,10-19,22H2,(H,33,39)(H,34,40). The van der Waals surface area contributed by atoms with Crippen LogP contribution in [-0.2, 0) is 30.2 Å². The molecule has 0 unspecified atom stereocenters. The number of anilines is 1. The number of aromatic hydroxyl groups is 1. The molecule has 1 saturated heterocycles. The van der Waals surface area contributed by atoms with Crippen molar-refractivity contribution in [3.05, 3.63) is 35.2 Å². The maximum atomic E-state index is 12.2. The van der Waals surface area contributed by atoms with Crippen LogP contribution in [0.25, 0.3) is 21.6 Å². The number of carbonyl (C=O) groups is 2. The van der Waals surface area contributed by atoms with E-state index in [1.54, 1.807) is 29.5 Å². The molecule has 0 spiro atoms. The Kier molecular flexibility index (Phi) is 12.2. The SMILES string of the molecule is O=C(CCC(=O)NC1CCCCCC1)NCOCCOCCc1cc2nc(-c3cccc(O)c3)nc(N3CCOCC3)c2s1. The second kappa shape index (κ2) is 16.7. The van der Waals surface area contributed by atoms with Crippen LogP contribution < -0.4 is 15.5 Å². The number of nitrogens with zero attached hydrogens (tertiary/aromatic N) is 3. The van der Waals surface area contributed by atoms with Crippen LogP contribution in [0.5, 0.6) is 5.75 Å². The van der Waals surface area contributed by atoms with Crippen molar-refractivity contribution >= 4 is 39.2 Å². The lowest BCUT2D eigenvalue weighted by molar-refractivity contribution is -0.127. The topological polar surface area (TPSA) is 135 Å². The number of nitrogens with one attached hydrogen (secondary N) is 2. The van der Waals surface area contributed by atoms with E-state index in [1.807, 2.05) is 6.07 Å².